The zero-order valence-electron chi connectivity index (χ0n) is 10.4. The van der Waals surface area contributed by atoms with Crippen LogP contribution >= 0.6 is 0 Å². The van der Waals surface area contributed by atoms with Gasteiger partial charge in [0.1, 0.15) is 0 Å². The van der Waals surface area contributed by atoms with E-state index in [1.807, 2.05) is 0 Å². The van der Waals surface area contributed by atoms with E-state index in [9.17, 15) is 4.79 Å². The van der Waals surface area contributed by atoms with Gasteiger partial charge >= 0.3 is 0 Å². The summed E-state index contributed by atoms with van der Waals surface area (Å²) in [6.07, 6.45) is 1.96. The van der Waals surface area contributed by atoms with Gasteiger partial charge in [0.15, 0.2) is 6.29 Å². The summed E-state index contributed by atoms with van der Waals surface area (Å²) >= 11 is 0. The maximum Gasteiger partial charge on any atom is 0.220 e. The largest absolute Gasteiger partial charge is 0.368 e. The van der Waals surface area contributed by atoms with Crippen molar-refractivity contribution in [1.82, 2.24) is 5.32 Å². The van der Waals surface area contributed by atoms with Crippen LogP contribution < -0.4 is 5.32 Å². The number of nitrogens with one attached hydrogen (secondary N) is 1. The Hall–Kier alpha value is -1.27. The normalized spacial score (nSPS) is 12.4. The van der Waals surface area contributed by atoms with E-state index in [0.29, 0.717) is 25.8 Å². The molecule has 0 aliphatic heterocycles. The summed E-state index contributed by atoms with van der Waals surface area (Å²) < 4.78 is 0. The van der Waals surface area contributed by atoms with Crippen molar-refractivity contribution in [3.63, 3.8) is 0 Å². The van der Waals surface area contributed by atoms with E-state index >= 15 is 0 Å². The number of carbonyl (C=O) groups is 1. The minimum Gasteiger partial charge on any atom is -0.368 e. The minimum atomic E-state index is -1.33. The highest BCUT2D eigenvalue weighted by Crippen LogP contribution is 1.98. The first-order chi connectivity index (χ1) is 8.10. The molecule has 0 heterocycles. The summed E-state index contributed by atoms with van der Waals surface area (Å²) in [5.74, 6) is -0.0884. The van der Waals surface area contributed by atoms with Crippen molar-refractivity contribution in [3.05, 3.63) is 0 Å². The molecule has 0 rings (SSSR count). The molecule has 1 amide bonds. The van der Waals surface area contributed by atoms with Gasteiger partial charge in [0.25, 0.3) is 0 Å². The van der Waals surface area contributed by atoms with Crippen LogP contribution in [-0.4, -0.2) is 55.0 Å². The number of hydrogen-bond acceptors (Lipinski definition) is 5. The van der Waals surface area contributed by atoms with E-state index in [-0.39, 0.29) is 12.3 Å². The first-order valence-corrected chi connectivity index (χ1v) is 5.60. The van der Waals surface area contributed by atoms with Crippen LogP contribution in [0.5, 0.6) is 0 Å². The fourth-order valence-electron chi connectivity index (χ4n) is 1.25. The summed E-state index contributed by atoms with van der Waals surface area (Å²) in [4.78, 5) is 19.2. The van der Waals surface area contributed by atoms with Crippen LogP contribution in [-0.2, 0) is 4.79 Å². The Morgan fingerprint density at radius 1 is 1.35 bits per heavy atom. The molecule has 0 fully saturated rings. The number of hydrogen-bond donors (Lipinski definition) is 3. The second-order valence-electron chi connectivity index (χ2n) is 3.58. The highest BCUT2D eigenvalue weighted by molar-refractivity contribution is 6.30. The SMILES string of the molecule is CN=CC(CCNC(=O)CCCC(O)O)=NC. The van der Waals surface area contributed by atoms with Crippen LogP contribution in [0.3, 0.4) is 0 Å². The van der Waals surface area contributed by atoms with E-state index in [0.717, 1.165) is 5.71 Å². The molecule has 0 bridgehead atoms. The van der Waals surface area contributed by atoms with Crippen LogP contribution in [0.15, 0.2) is 9.98 Å². The fourth-order valence-corrected chi connectivity index (χ4v) is 1.25. The quantitative estimate of drug-likeness (QED) is 0.405. The molecule has 0 aromatic carbocycles. The standard InChI is InChI=1S/C11H21N3O3/c1-12-8-9(13-2)6-7-14-10(15)4-3-5-11(16)17/h8,11,16-17H,3-7H2,1-2H3,(H,14,15). The number of aliphatic hydroxyl groups excluding tert-OH is 1. The third kappa shape index (κ3) is 9.65. The molecule has 0 aliphatic rings. The van der Waals surface area contributed by atoms with Crippen molar-refractivity contribution in [1.29, 1.82) is 0 Å². The molecular weight excluding hydrogens is 222 g/mol. The summed E-state index contributed by atoms with van der Waals surface area (Å²) in [5.41, 5.74) is 0.832. The van der Waals surface area contributed by atoms with Gasteiger partial charge in [-0.3, -0.25) is 14.8 Å². The Bertz CT molecular complexity index is 275. The average molecular weight is 243 g/mol. The lowest BCUT2D eigenvalue weighted by Gasteiger charge is -2.05. The number of amides is 1. The van der Waals surface area contributed by atoms with Gasteiger partial charge in [-0.25, -0.2) is 0 Å². The maximum atomic E-state index is 11.3. The van der Waals surface area contributed by atoms with Gasteiger partial charge in [-0.15, -0.1) is 0 Å². The Labute approximate surface area is 101 Å². The molecule has 0 aromatic rings. The van der Waals surface area contributed by atoms with Gasteiger partial charge in [0.05, 0.1) is 5.71 Å². The summed E-state index contributed by atoms with van der Waals surface area (Å²) in [6.45, 7) is 0.513. The highest BCUT2D eigenvalue weighted by atomic mass is 16.5. The molecule has 6 heteroatoms. The molecule has 0 aromatic heterocycles. The minimum absolute atomic E-state index is 0.0884. The maximum absolute atomic E-state index is 11.3. The average Bonchev–Trinajstić information content (AvgIpc) is 2.27. The van der Waals surface area contributed by atoms with E-state index < -0.39 is 6.29 Å². The lowest BCUT2D eigenvalue weighted by atomic mass is 10.2. The number of rotatable bonds is 8. The first kappa shape index (κ1) is 15.7. The van der Waals surface area contributed by atoms with Crippen molar-refractivity contribution in [2.45, 2.75) is 32.0 Å². The number of carbonyl (C=O) groups excluding carboxylic acids is 1. The van der Waals surface area contributed by atoms with Crippen molar-refractivity contribution < 1.29 is 15.0 Å². The van der Waals surface area contributed by atoms with Gasteiger partial charge < -0.3 is 15.5 Å². The predicted octanol–water partition coefficient (Wildman–Crippen LogP) is -0.255. The van der Waals surface area contributed by atoms with E-state index in [2.05, 4.69) is 15.3 Å². The Morgan fingerprint density at radius 3 is 2.59 bits per heavy atom. The third-order valence-corrected chi connectivity index (χ3v) is 2.13. The zero-order chi connectivity index (χ0) is 13.1. The van der Waals surface area contributed by atoms with Gasteiger partial charge in [0.2, 0.25) is 5.91 Å². The van der Waals surface area contributed by atoms with Crippen LogP contribution in [0.2, 0.25) is 0 Å². The summed E-state index contributed by atoms with van der Waals surface area (Å²) in [6, 6.07) is 0. The topological polar surface area (TPSA) is 94.3 Å². The zero-order valence-corrected chi connectivity index (χ0v) is 10.4. The fraction of sp³-hybridized carbons (Fsp3) is 0.727. The Kier molecular flexibility index (Phi) is 9.18. The molecule has 98 valence electrons. The molecule has 0 unspecified atom stereocenters. The van der Waals surface area contributed by atoms with Crippen LogP contribution in [0.25, 0.3) is 0 Å². The monoisotopic (exact) mass is 243 g/mol. The van der Waals surface area contributed by atoms with Crippen molar-refractivity contribution in [2.75, 3.05) is 20.6 Å². The van der Waals surface area contributed by atoms with Gasteiger partial charge in [0, 0.05) is 39.7 Å². The molecule has 0 spiro atoms. The third-order valence-electron chi connectivity index (χ3n) is 2.13. The van der Waals surface area contributed by atoms with E-state index in [1.165, 1.54) is 0 Å². The molecule has 0 saturated heterocycles. The molecular formula is C11H21N3O3. The smallest absolute Gasteiger partial charge is 0.220 e. The summed E-state index contributed by atoms with van der Waals surface area (Å²) in [5, 5.41) is 19.9. The van der Waals surface area contributed by atoms with Gasteiger partial charge in [-0.05, 0) is 12.8 Å². The lowest BCUT2D eigenvalue weighted by Crippen LogP contribution is -2.26. The molecule has 0 aliphatic carbocycles. The molecule has 17 heavy (non-hydrogen) atoms. The number of nitrogens with zero attached hydrogens (tertiary/aromatic N) is 2. The molecule has 3 N–H and O–H groups in total. The molecule has 0 atom stereocenters. The van der Waals surface area contributed by atoms with E-state index in [4.69, 9.17) is 10.2 Å². The summed E-state index contributed by atoms with van der Waals surface area (Å²) in [7, 11) is 3.35. The van der Waals surface area contributed by atoms with Crippen molar-refractivity contribution in [3.8, 4) is 0 Å². The number of aliphatic hydroxyl groups is 2. The second kappa shape index (κ2) is 9.92. The van der Waals surface area contributed by atoms with Gasteiger partial charge in [-0.1, -0.05) is 0 Å². The van der Waals surface area contributed by atoms with Crippen molar-refractivity contribution >= 4 is 17.8 Å². The molecule has 0 radical (unpaired) electrons. The highest BCUT2D eigenvalue weighted by Gasteiger charge is 2.03. The first-order valence-electron chi connectivity index (χ1n) is 5.60. The Balaban J connectivity index is 3.64. The molecule has 0 saturated carbocycles. The van der Waals surface area contributed by atoms with Crippen molar-refractivity contribution in [2.24, 2.45) is 9.98 Å². The lowest BCUT2D eigenvalue weighted by molar-refractivity contribution is -0.121. The van der Waals surface area contributed by atoms with E-state index in [1.54, 1.807) is 20.3 Å². The number of aliphatic imine (C=N–C) groups is 2. The van der Waals surface area contributed by atoms with Crippen LogP contribution in [0.1, 0.15) is 25.7 Å². The Morgan fingerprint density at radius 2 is 2.06 bits per heavy atom. The van der Waals surface area contributed by atoms with Gasteiger partial charge in [-0.2, -0.15) is 0 Å². The van der Waals surface area contributed by atoms with Crippen LogP contribution in [0, 0.1) is 0 Å². The molecule has 6 nitrogen and oxygen atoms in total. The second-order valence-corrected chi connectivity index (χ2v) is 3.58. The predicted molar refractivity (Wildman–Crippen MR) is 67.5 cm³/mol. The van der Waals surface area contributed by atoms with Crippen LogP contribution in [0.4, 0.5) is 0 Å².